The molecule has 0 aliphatic heterocycles. The maximum Gasteiger partial charge on any atom is 1.00 e. The zero-order valence-electron chi connectivity index (χ0n) is 4.07. The first-order valence-corrected chi connectivity index (χ1v) is 1.15. The van der Waals surface area contributed by atoms with E-state index < -0.39 is 12.4 Å². The molecule has 0 atom stereocenters. The Bertz CT molecular complexity index is 69.1. The van der Waals surface area contributed by atoms with Crippen LogP contribution in [0.15, 0.2) is 0 Å². The predicted octanol–water partition coefficient (Wildman–Crippen LogP) is -5.66. The monoisotopic (exact) mass is 154 g/mol. The van der Waals surface area contributed by atoms with Gasteiger partial charge in [0.25, 0.3) is 0 Å². The molecule has 2 nitrogen and oxygen atoms in total. The Balaban J connectivity index is -0.000000125. The van der Waals surface area contributed by atoms with E-state index in [0.717, 1.165) is 0 Å². The molecule has 0 aromatic rings. The van der Waals surface area contributed by atoms with Crippen molar-refractivity contribution in [2.75, 3.05) is 0 Å². The molecule has 0 saturated heterocycles. The smallest absolute Gasteiger partial charge is 1.00 e. The van der Waals surface area contributed by atoms with Crippen LogP contribution in [0.25, 0.3) is 0 Å². The van der Waals surface area contributed by atoms with Gasteiger partial charge in [0, 0.05) is 0 Å². The summed E-state index contributed by atoms with van der Waals surface area (Å²) in [7, 11) is 0. The second-order valence-electron chi connectivity index (χ2n) is 0.639. The summed E-state index contributed by atoms with van der Waals surface area (Å²) < 4.78 is 21.1. The molecule has 0 spiro atoms. The third kappa shape index (κ3) is 9.80. The van der Waals surface area contributed by atoms with E-state index in [1.165, 1.54) is 0 Å². The molecule has 0 bridgehead atoms. The number of carboxylic acid groups (broad SMARTS) is 1. The molecule has 8 heavy (non-hydrogen) atoms. The van der Waals surface area contributed by atoms with Gasteiger partial charge in [0.05, 0.1) is 0 Å². The number of carboxylic acids is 1. The van der Waals surface area contributed by atoms with E-state index in [1.807, 2.05) is 0 Å². The van der Waals surface area contributed by atoms with Crippen LogP contribution in [0.3, 0.4) is 0 Å². The largest absolute Gasteiger partial charge is 1.00 e. The zero-order valence-corrected chi connectivity index (χ0v) is 6.82. The van der Waals surface area contributed by atoms with Crippen molar-refractivity contribution in [1.29, 1.82) is 0 Å². The molecule has 0 aromatic heterocycles. The number of aliphatic carboxylic acids is 1. The molecule has 44 valence electrons. The van der Waals surface area contributed by atoms with Gasteiger partial charge in [-0.15, -0.1) is 0 Å². The minimum absolute atomic E-state index is 0. The van der Waals surface area contributed by atoms with Crippen LogP contribution in [0, 0.1) is 0 Å². The quantitative estimate of drug-likeness (QED) is 0.383. The molecule has 0 aromatic carbocycles. The topological polar surface area (TPSA) is 37.3 Å². The SMILES string of the molecule is O=C(O)C(F)F.[Cl-].[Na+]. The summed E-state index contributed by atoms with van der Waals surface area (Å²) in [5.74, 6) is -2.07. The zero-order chi connectivity index (χ0) is 5.15. The van der Waals surface area contributed by atoms with Crippen molar-refractivity contribution in [2.24, 2.45) is 0 Å². The Labute approximate surface area is 73.0 Å². The normalized spacial score (nSPS) is 6.88. The number of rotatable bonds is 1. The molecule has 0 rings (SSSR count). The fourth-order valence-electron chi connectivity index (χ4n) is 0. The molecule has 1 N–H and O–H groups in total. The van der Waals surface area contributed by atoms with Crippen molar-refractivity contribution in [3.05, 3.63) is 0 Å². The molecule has 0 saturated carbocycles. The maximum atomic E-state index is 10.6. The van der Waals surface area contributed by atoms with Crippen molar-refractivity contribution in [3.63, 3.8) is 0 Å². The van der Waals surface area contributed by atoms with E-state index in [1.54, 1.807) is 0 Å². The number of alkyl halides is 2. The first-order chi connectivity index (χ1) is 2.64. The Kier molecular flexibility index (Phi) is 15.1. The average Bonchev–Trinajstić information content (AvgIpc) is 1.36. The van der Waals surface area contributed by atoms with E-state index in [-0.39, 0.29) is 42.0 Å². The number of halogens is 3. The summed E-state index contributed by atoms with van der Waals surface area (Å²) in [5.41, 5.74) is 0. The van der Waals surface area contributed by atoms with Crippen molar-refractivity contribution in [2.45, 2.75) is 6.43 Å². The Morgan fingerprint density at radius 2 is 1.62 bits per heavy atom. The molecule has 0 heterocycles. The second-order valence-corrected chi connectivity index (χ2v) is 0.639. The van der Waals surface area contributed by atoms with E-state index in [9.17, 15) is 8.78 Å². The van der Waals surface area contributed by atoms with Crippen LogP contribution >= 0.6 is 0 Å². The van der Waals surface area contributed by atoms with Crippen molar-refractivity contribution < 1.29 is 60.6 Å². The minimum Gasteiger partial charge on any atom is -1.00 e. The number of hydrogen-bond acceptors (Lipinski definition) is 1. The third-order valence-corrected chi connectivity index (χ3v) is 0.187. The fourth-order valence-corrected chi connectivity index (χ4v) is 0. The van der Waals surface area contributed by atoms with Gasteiger partial charge in [0.2, 0.25) is 0 Å². The summed E-state index contributed by atoms with van der Waals surface area (Å²) in [5, 5.41) is 7.24. The first kappa shape index (κ1) is 15.8. The first-order valence-electron chi connectivity index (χ1n) is 1.15. The van der Waals surface area contributed by atoms with Crippen LogP contribution in [0.1, 0.15) is 0 Å². The summed E-state index contributed by atoms with van der Waals surface area (Å²) in [6, 6.07) is 0. The number of hydrogen-bond donors (Lipinski definition) is 1. The van der Waals surface area contributed by atoms with Gasteiger partial charge in [0.15, 0.2) is 0 Å². The van der Waals surface area contributed by atoms with Gasteiger partial charge in [-0.2, -0.15) is 8.78 Å². The molecule has 0 amide bonds. The van der Waals surface area contributed by atoms with Gasteiger partial charge in [-0.3, -0.25) is 0 Å². The van der Waals surface area contributed by atoms with Gasteiger partial charge in [-0.05, 0) is 0 Å². The summed E-state index contributed by atoms with van der Waals surface area (Å²) >= 11 is 0. The van der Waals surface area contributed by atoms with E-state index in [2.05, 4.69) is 0 Å². The molecule has 6 heteroatoms. The van der Waals surface area contributed by atoms with E-state index >= 15 is 0 Å². The predicted molar refractivity (Wildman–Crippen MR) is 13.6 cm³/mol. The van der Waals surface area contributed by atoms with Gasteiger partial charge in [0.1, 0.15) is 0 Å². The molecule has 0 radical (unpaired) electrons. The molecular formula is C2H2ClF2NaO2. The van der Waals surface area contributed by atoms with Crippen molar-refractivity contribution in [1.82, 2.24) is 0 Å². The Morgan fingerprint density at radius 1 is 1.50 bits per heavy atom. The van der Waals surface area contributed by atoms with Crippen molar-refractivity contribution in [3.8, 4) is 0 Å². The third-order valence-electron chi connectivity index (χ3n) is 0.187. The van der Waals surface area contributed by atoms with Gasteiger partial charge in [-0.1, -0.05) is 0 Å². The van der Waals surface area contributed by atoms with Gasteiger partial charge in [-0.25, -0.2) is 4.79 Å². The summed E-state index contributed by atoms with van der Waals surface area (Å²) in [4.78, 5) is 8.95. The Morgan fingerprint density at radius 3 is 1.62 bits per heavy atom. The van der Waals surface area contributed by atoms with Crippen LogP contribution in [0.5, 0.6) is 0 Å². The van der Waals surface area contributed by atoms with E-state index in [0.29, 0.717) is 0 Å². The van der Waals surface area contributed by atoms with Crippen LogP contribution in [0.4, 0.5) is 8.78 Å². The molecular weight excluding hydrogens is 152 g/mol. The van der Waals surface area contributed by atoms with Crippen LogP contribution in [0.2, 0.25) is 0 Å². The summed E-state index contributed by atoms with van der Waals surface area (Å²) in [6.07, 6.45) is -3.23. The maximum absolute atomic E-state index is 10.6. The van der Waals surface area contributed by atoms with Crippen LogP contribution < -0.4 is 42.0 Å². The van der Waals surface area contributed by atoms with E-state index in [4.69, 9.17) is 9.90 Å². The van der Waals surface area contributed by atoms with Gasteiger partial charge < -0.3 is 17.5 Å². The summed E-state index contributed by atoms with van der Waals surface area (Å²) in [6.45, 7) is 0. The average molecular weight is 154 g/mol. The van der Waals surface area contributed by atoms with Crippen LogP contribution in [-0.2, 0) is 4.79 Å². The molecule has 0 aliphatic rings. The standard InChI is InChI=1S/C2H2F2O2.ClH.Na/c3-1(4)2(5)6;;/h1H,(H,5,6);1H;/q;;+1/p-1. The molecule has 0 aliphatic carbocycles. The van der Waals surface area contributed by atoms with Crippen molar-refractivity contribution >= 4 is 5.97 Å². The number of carbonyl (C=O) groups is 1. The molecule has 0 fully saturated rings. The fraction of sp³-hybridized carbons (Fsp3) is 0.500. The van der Waals surface area contributed by atoms with Gasteiger partial charge >= 0.3 is 42.0 Å². The van der Waals surface area contributed by atoms with Crippen LogP contribution in [-0.4, -0.2) is 17.5 Å². The minimum atomic E-state index is -3.23. The Hall–Kier alpha value is 0.620. The molecule has 0 unspecified atom stereocenters. The second kappa shape index (κ2) is 7.62.